The Hall–Kier alpha value is -4.45. The molecular weight excluding hydrogens is 429 g/mol. The third-order valence-electron chi connectivity index (χ3n) is 5.85. The van der Waals surface area contributed by atoms with Gasteiger partial charge in [0, 0.05) is 29.3 Å². The largest absolute Gasteiger partial charge is 0.457 e. The van der Waals surface area contributed by atoms with Gasteiger partial charge in [0.05, 0.1) is 11.1 Å². The van der Waals surface area contributed by atoms with Crippen LogP contribution in [0.25, 0.3) is 10.9 Å². The third-order valence-corrected chi connectivity index (χ3v) is 5.85. The van der Waals surface area contributed by atoms with Crippen molar-refractivity contribution in [3.63, 3.8) is 0 Å². The number of primary amides is 1. The molecule has 0 radical (unpaired) electrons. The molecule has 168 valence electrons. The number of pyridine rings is 1. The van der Waals surface area contributed by atoms with Crippen molar-refractivity contribution in [1.29, 1.82) is 0 Å². The number of para-hydroxylation sites is 1. The van der Waals surface area contributed by atoms with Crippen LogP contribution in [0.4, 0.5) is 10.1 Å². The molecule has 1 amide bonds. The van der Waals surface area contributed by atoms with Crippen molar-refractivity contribution in [3.05, 3.63) is 120 Å². The van der Waals surface area contributed by atoms with Gasteiger partial charge in [0.15, 0.2) is 0 Å². The van der Waals surface area contributed by atoms with Gasteiger partial charge in [-0.2, -0.15) is 0 Å². The number of carbonyl (C=O) groups excluding carboxylic acids is 1. The highest BCUT2D eigenvalue weighted by molar-refractivity contribution is 5.94. The Morgan fingerprint density at radius 1 is 1.00 bits per heavy atom. The fourth-order valence-corrected chi connectivity index (χ4v) is 4.20. The van der Waals surface area contributed by atoms with E-state index >= 15 is 0 Å². The van der Waals surface area contributed by atoms with E-state index in [4.69, 9.17) is 10.5 Å². The summed E-state index contributed by atoms with van der Waals surface area (Å²) in [5.74, 6) is 0.527. The van der Waals surface area contributed by atoms with Gasteiger partial charge in [-0.25, -0.2) is 4.39 Å². The number of fused-ring (bicyclic) bond motifs is 1. The average molecular weight is 452 g/mol. The Bertz CT molecular complexity index is 1430. The van der Waals surface area contributed by atoms with Crippen molar-refractivity contribution < 1.29 is 13.9 Å². The number of nitrogens with zero attached hydrogens (tertiary/aromatic N) is 1. The highest BCUT2D eigenvalue weighted by atomic mass is 19.1. The monoisotopic (exact) mass is 451 g/mol. The number of nitrogens with one attached hydrogen (secondary N) is 1. The van der Waals surface area contributed by atoms with Crippen molar-refractivity contribution in [2.45, 2.75) is 12.0 Å². The zero-order chi connectivity index (χ0) is 23.5. The molecule has 34 heavy (non-hydrogen) atoms. The van der Waals surface area contributed by atoms with Crippen LogP contribution in [-0.4, -0.2) is 10.9 Å². The van der Waals surface area contributed by atoms with Crippen LogP contribution in [0.5, 0.6) is 11.5 Å². The Balaban J connectivity index is 1.59. The quantitative estimate of drug-likeness (QED) is 0.386. The first-order valence-electron chi connectivity index (χ1n) is 10.9. The Morgan fingerprint density at radius 3 is 2.65 bits per heavy atom. The second-order valence-electron chi connectivity index (χ2n) is 8.15. The van der Waals surface area contributed by atoms with E-state index in [1.54, 1.807) is 24.4 Å². The molecule has 3 aromatic carbocycles. The number of amides is 1. The Kier molecular flexibility index (Phi) is 5.55. The number of aromatic nitrogens is 1. The molecule has 3 N–H and O–H groups in total. The van der Waals surface area contributed by atoms with E-state index in [-0.39, 0.29) is 5.82 Å². The van der Waals surface area contributed by atoms with Gasteiger partial charge in [-0.3, -0.25) is 9.78 Å². The highest BCUT2D eigenvalue weighted by Gasteiger charge is 2.34. The first-order valence-corrected chi connectivity index (χ1v) is 10.9. The van der Waals surface area contributed by atoms with E-state index in [0.717, 1.165) is 5.56 Å². The van der Waals surface area contributed by atoms with Crippen LogP contribution < -0.4 is 15.8 Å². The second-order valence-corrected chi connectivity index (χ2v) is 8.15. The number of hydrogen-bond acceptors (Lipinski definition) is 4. The average Bonchev–Trinajstić information content (AvgIpc) is 2.85. The van der Waals surface area contributed by atoms with E-state index in [1.807, 2.05) is 66.7 Å². The lowest BCUT2D eigenvalue weighted by Crippen LogP contribution is -2.37. The molecule has 1 unspecified atom stereocenters. The summed E-state index contributed by atoms with van der Waals surface area (Å²) in [6.07, 6.45) is 7.49. The van der Waals surface area contributed by atoms with E-state index < -0.39 is 11.4 Å². The van der Waals surface area contributed by atoms with Crippen molar-refractivity contribution in [2.75, 3.05) is 5.32 Å². The maximum absolute atomic E-state index is 14.1. The number of rotatable bonds is 6. The lowest BCUT2D eigenvalue weighted by Gasteiger charge is -2.36. The van der Waals surface area contributed by atoms with Crippen LogP contribution in [0.1, 0.15) is 12.0 Å². The molecule has 0 spiro atoms. The smallest absolute Gasteiger partial charge is 0.244 e. The van der Waals surface area contributed by atoms with E-state index in [2.05, 4.69) is 10.3 Å². The van der Waals surface area contributed by atoms with Crippen LogP contribution in [0, 0.1) is 5.82 Å². The van der Waals surface area contributed by atoms with Gasteiger partial charge in [-0.1, -0.05) is 48.6 Å². The van der Waals surface area contributed by atoms with Crippen LogP contribution in [-0.2, 0) is 10.3 Å². The number of hydrogen-bond donors (Lipinski definition) is 2. The molecule has 0 aliphatic heterocycles. The van der Waals surface area contributed by atoms with Crippen LogP contribution in [0.2, 0.25) is 0 Å². The fraction of sp³-hybridized carbons (Fsp3) is 0.0714. The van der Waals surface area contributed by atoms with Crippen molar-refractivity contribution in [2.24, 2.45) is 5.73 Å². The van der Waals surface area contributed by atoms with Gasteiger partial charge in [0.25, 0.3) is 0 Å². The summed E-state index contributed by atoms with van der Waals surface area (Å²) in [6, 6.07) is 23.4. The predicted molar refractivity (Wildman–Crippen MR) is 131 cm³/mol. The van der Waals surface area contributed by atoms with Gasteiger partial charge < -0.3 is 15.8 Å². The zero-order valence-corrected chi connectivity index (χ0v) is 18.2. The van der Waals surface area contributed by atoms with E-state index in [0.29, 0.717) is 40.1 Å². The standard InChI is InChI=1S/C28H22FN3O2/c29-21-11-12-25-24(17-21)26(13-15-31-25)32-28(14-5-6-19(18-28)27(30)33)20-7-4-10-23(16-20)34-22-8-2-1-3-9-22/h1-17H,18H2,(H2,30,33)(H,31,32). The molecule has 1 atom stereocenters. The lowest BCUT2D eigenvalue weighted by molar-refractivity contribution is -0.114. The molecule has 0 fully saturated rings. The summed E-state index contributed by atoms with van der Waals surface area (Å²) in [5.41, 5.74) is 7.52. The maximum Gasteiger partial charge on any atom is 0.244 e. The first kappa shape index (κ1) is 21.4. The molecule has 1 aliphatic carbocycles. The molecule has 5 rings (SSSR count). The normalized spacial score (nSPS) is 17.3. The van der Waals surface area contributed by atoms with Crippen molar-refractivity contribution >= 4 is 22.5 Å². The van der Waals surface area contributed by atoms with Crippen LogP contribution in [0.15, 0.2) is 109 Å². The van der Waals surface area contributed by atoms with Gasteiger partial charge in [-0.15, -0.1) is 0 Å². The molecule has 0 saturated heterocycles. The number of nitrogens with two attached hydrogens (primary N) is 1. The Labute approximate surface area is 196 Å². The number of allylic oxidation sites excluding steroid dienone is 2. The lowest BCUT2D eigenvalue weighted by atomic mass is 9.80. The zero-order valence-electron chi connectivity index (χ0n) is 18.2. The summed E-state index contributed by atoms with van der Waals surface area (Å²) in [6.45, 7) is 0. The maximum atomic E-state index is 14.1. The fourth-order valence-electron chi connectivity index (χ4n) is 4.20. The number of benzene rings is 3. The van der Waals surface area contributed by atoms with Gasteiger partial charge in [-0.05, 0) is 54.1 Å². The SMILES string of the molecule is NC(=O)C1=CC=CC(Nc2ccnc3ccc(F)cc23)(c2cccc(Oc3ccccc3)c2)C1. The van der Waals surface area contributed by atoms with Crippen molar-refractivity contribution in [1.82, 2.24) is 4.98 Å². The second kappa shape index (κ2) is 8.83. The van der Waals surface area contributed by atoms with Gasteiger partial charge in [0.1, 0.15) is 17.3 Å². The molecule has 1 aromatic heterocycles. The highest BCUT2D eigenvalue weighted by Crippen LogP contribution is 2.40. The summed E-state index contributed by atoms with van der Waals surface area (Å²) < 4.78 is 20.1. The van der Waals surface area contributed by atoms with Gasteiger partial charge >= 0.3 is 0 Å². The predicted octanol–water partition coefficient (Wildman–Crippen LogP) is 5.85. The topological polar surface area (TPSA) is 77.2 Å². The first-order chi connectivity index (χ1) is 16.5. The van der Waals surface area contributed by atoms with Crippen LogP contribution >= 0.6 is 0 Å². The molecule has 4 aromatic rings. The molecule has 0 bridgehead atoms. The molecule has 0 saturated carbocycles. The third kappa shape index (κ3) is 4.26. The minimum atomic E-state index is -0.824. The van der Waals surface area contributed by atoms with E-state index in [9.17, 15) is 9.18 Å². The molecular formula is C28H22FN3O2. The summed E-state index contributed by atoms with van der Waals surface area (Å²) >= 11 is 0. The summed E-state index contributed by atoms with van der Waals surface area (Å²) in [5, 5.41) is 4.20. The number of carbonyl (C=O) groups is 1. The number of ether oxygens (including phenoxy) is 1. The molecule has 5 nitrogen and oxygen atoms in total. The molecule has 1 heterocycles. The number of anilines is 1. The minimum absolute atomic E-state index is 0.312. The summed E-state index contributed by atoms with van der Waals surface area (Å²) in [4.78, 5) is 16.4. The molecule has 6 heteroatoms. The molecule has 1 aliphatic rings. The van der Waals surface area contributed by atoms with Gasteiger partial charge in [0.2, 0.25) is 5.91 Å². The Morgan fingerprint density at radius 2 is 1.82 bits per heavy atom. The van der Waals surface area contributed by atoms with Crippen LogP contribution in [0.3, 0.4) is 0 Å². The van der Waals surface area contributed by atoms with E-state index in [1.165, 1.54) is 12.1 Å². The summed E-state index contributed by atoms with van der Waals surface area (Å²) in [7, 11) is 0. The van der Waals surface area contributed by atoms with Crippen molar-refractivity contribution in [3.8, 4) is 11.5 Å². The number of halogens is 1. The minimum Gasteiger partial charge on any atom is -0.457 e.